The quantitative estimate of drug-likeness (QED) is 0.686. The van der Waals surface area contributed by atoms with Crippen molar-refractivity contribution in [3.63, 3.8) is 0 Å². The molecule has 0 bridgehead atoms. The number of carbonyl (C=O) groups is 2. The van der Waals surface area contributed by atoms with Crippen LogP contribution in [0.2, 0.25) is 0 Å². The van der Waals surface area contributed by atoms with Crippen LogP contribution in [0.3, 0.4) is 0 Å². The van der Waals surface area contributed by atoms with Gasteiger partial charge in [-0.05, 0) is 29.0 Å². The van der Waals surface area contributed by atoms with Crippen molar-refractivity contribution in [1.29, 1.82) is 0 Å². The van der Waals surface area contributed by atoms with Gasteiger partial charge in [-0.2, -0.15) is 0 Å². The minimum absolute atomic E-state index is 0.172. The maximum atomic E-state index is 12.4. The first-order valence-corrected chi connectivity index (χ1v) is 10.6. The third-order valence-electron chi connectivity index (χ3n) is 4.46. The summed E-state index contributed by atoms with van der Waals surface area (Å²) in [6.45, 7) is 1.90. The first-order chi connectivity index (χ1) is 13.2. The van der Waals surface area contributed by atoms with E-state index in [2.05, 4.69) is 10.3 Å². The smallest absolute Gasteiger partial charge is 0.271 e. The number of thiazole rings is 1. The highest BCUT2D eigenvalue weighted by molar-refractivity contribution is 7.20. The van der Waals surface area contributed by atoms with E-state index in [-0.39, 0.29) is 11.8 Å². The molecule has 2 aromatic heterocycles. The number of nitrogens with one attached hydrogen (secondary N) is 1. The molecule has 4 rings (SSSR count). The van der Waals surface area contributed by atoms with E-state index in [0.717, 1.165) is 34.0 Å². The highest BCUT2D eigenvalue weighted by Crippen LogP contribution is 2.27. The average Bonchev–Trinajstić information content (AvgIpc) is 3.42. The van der Waals surface area contributed by atoms with Crippen molar-refractivity contribution >= 4 is 34.5 Å². The number of benzene rings is 1. The lowest BCUT2D eigenvalue weighted by atomic mass is 10.1. The molecule has 1 aliphatic rings. The summed E-state index contributed by atoms with van der Waals surface area (Å²) in [5, 5.41) is 7.59. The van der Waals surface area contributed by atoms with Gasteiger partial charge in [0.25, 0.3) is 5.91 Å². The molecule has 0 unspecified atom stereocenters. The normalized spacial score (nSPS) is 13.9. The number of nitrogens with zero attached hydrogens (tertiary/aromatic N) is 2. The van der Waals surface area contributed by atoms with E-state index in [4.69, 9.17) is 0 Å². The van der Waals surface area contributed by atoms with Crippen LogP contribution in [-0.4, -0.2) is 28.2 Å². The van der Waals surface area contributed by atoms with E-state index in [9.17, 15) is 9.59 Å². The third-order valence-corrected chi connectivity index (χ3v) is 6.34. The molecular weight excluding hydrogens is 378 g/mol. The van der Waals surface area contributed by atoms with Crippen LogP contribution in [0, 0.1) is 0 Å². The number of aromatic nitrogens is 1. The van der Waals surface area contributed by atoms with Gasteiger partial charge in [0.1, 0.15) is 10.7 Å². The average molecular weight is 398 g/mol. The Hall–Kier alpha value is -2.51. The van der Waals surface area contributed by atoms with E-state index < -0.39 is 0 Å². The second kappa shape index (κ2) is 8.02. The van der Waals surface area contributed by atoms with Crippen molar-refractivity contribution in [3.05, 3.63) is 64.0 Å². The zero-order chi connectivity index (χ0) is 18.6. The predicted molar refractivity (Wildman–Crippen MR) is 108 cm³/mol. The Labute approximate surface area is 165 Å². The molecule has 1 saturated heterocycles. The monoisotopic (exact) mass is 397 g/mol. The fourth-order valence-electron chi connectivity index (χ4n) is 3.09. The number of likely N-dealkylation sites (tertiary alicyclic amines) is 1. The fourth-order valence-corrected chi connectivity index (χ4v) is 4.71. The highest BCUT2D eigenvalue weighted by Gasteiger charge is 2.20. The van der Waals surface area contributed by atoms with Crippen LogP contribution in [0.4, 0.5) is 0 Å². The molecule has 1 N–H and O–H groups in total. The Morgan fingerprint density at radius 2 is 2.07 bits per heavy atom. The van der Waals surface area contributed by atoms with E-state index in [1.54, 1.807) is 16.7 Å². The van der Waals surface area contributed by atoms with Crippen molar-refractivity contribution < 1.29 is 9.59 Å². The zero-order valence-corrected chi connectivity index (χ0v) is 16.3. The number of carbonyl (C=O) groups excluding carboxylic acids is 2. The molecule has 138 valence electrons. The summed E-state index contributed by atoms with van der Waals surface area (Å²) in [5.41, 5.74) is 2.55. The van der Waals surface area contributed by atoms with Crippen LogP contribution in [0.15, 0.2) is 47.2 Å². The number of amides is 2. The maximum Gasteiger partial charge on any atom is 0.271 e. The van der Waals surface area contributed by atoms with Crippen molar-refractivity contribution in [2.45, 2.75) is 25.9 Å². The van der Waals surface area contributed by atoms with Gasteiger partial charge in [-0.15, -0.1) is 22.7 Å². The van der Waals surface area contributed by atoms with Gasteiger partial charge in [0.05, 0.1) is 4.88 Å². The zero-order valence-electron chi connectivity index (χ0n) is 14.7. The van der Waals surface area contributed by atoms with Gasteiger partial charge in [-0.25, -0.2) is 4.98 Å². The predicted octanol–water partition coefficient (Wildman–Crippen LogP) is 3.92. The minimum atomic E-state index is -0.172. The van der Waals surface area contributed by atoms with Gasteiger partial charge in [0.15, 0.2) is 0 Å². The Morgan fingerprint density at radius 1 is 1.19 bits per heavy atom. The SMILES string of the molecule is O=C(NCc1cccc(CN2CCCC2=O)c1)c1csc(-c2cccs2)n1. The van der Waals surface area contributed by atoms with Crippen molar-refractivity contribution in [3.8, 4) is 9.88 Å². The summed E-state index contributed by atoms with van der Waals surface area (Å²) in [6, 6.07) is 12.0. The molecule has 2 amide bonds. The summed E-state index contributed by atoms with van der Waals surface area (Å²) in [7, 11) is 0. The molecule has 0 aliphatic carbocycles. The third kappa shape index (κ3) is 4.26. The number of hydrogen-bond acceptors (Lipinski definition) is 5. The van der Waals surface area contributed by atoms with Crippen LogP contribution in [0.25, 0.3) is 9.88 Å². The highest BCUT2D eigenvalue weighted by atomic mass is 32.1. The second-order valence-corrected chi connectivity index (χ2v) is 8.24. The largest absolute Gasteiger partial charge is 0.347 e. The van der Waals surface area contributed by atoms with Crippen LogP contribution >= 0.6 is 22.7 Å². The van der Waals surface area contributed by atoms with Crippen LogP contribution < -0.4 is 5.32 Å². The van der Waals surface area contributed by atoms with Crippen molar-refractivity contribution in [1.82, 2.24) is 15.2 Å². The van der Waals surface area contributed by atoms with E-state index in [1.165, 1.54) is 11.3 Å². The van der Waals surface area contributed by atoms with Crippen LogP contribution in [-0.2, 0) is 17.9 Å². The van der Waals surface area contributed by atoms with Gasteiger partial charge in [-0.1, -0.05) is 30.3 Å². The van der Waals surface area contributed by atoms with Crippen LogP contribution in [0.5, 0.6) is 0 Å². The molecule has 0 saturated carbocycles. The molecule has 5 nitrogen and oxygen atoms in total. The van der Waals surface area contributed by atoms with E-state index in [1.807, 2.05) is 46.7 Å². The Bertz CT molecular complexity index is 950. The molecule has 0 atom stereocenters. The maximum absolute atomic E-state index is 12.4. The molecule has 3 aromatic rings. The second-order valence-electron chi connectivity index (χ2n) is 6.44. The first-order valence-electron chi connectivity index (χ1n) is 8.82. The van der Waals surface area contributed by atoms with Gasteiger partial charge in [0.2, 0.25) is 5.91 Å². The van der Waals surface area contributed by atoms with Gasteiger partial charge < -0.3 is 10.2 Å². The lowest BCUT2D eigenvalue weighted by molar-refractivity contribution is -0.128. The van der Waals surface area contributed by atoms with E-state index in [0.29, 0.717) is 25.2 Å². The summed E-state index contributed by atoms with van der Waals surface area (Å²) >= 11 is 3.09. The van der Waals surface area contributed by atoms with Gasteiger partial charge >= 0.3 is 0 Å². The Morgan fingerprint density at radius 3 is 2.85 bits per heavy atom. The standard InChI is InChI=1S/C20H19N3O2S2/c24-18-7-2-8-23(18)12-15-5-1-4-14(10-15)11-21-19(25)16-13-27-20(22-16)17-6-3-9-26-17/h1,3-6,9-10,13H,2,7-8,11-12H2,(H,21,25). The number of rotatable bonds is 6. The topological polar surface area (TPSA) is 62.3 Å². The van der Waals surface area contributed by atoms with Gasteiger partial charge in [-0.3, -0.25) is 9.59 Å². The summed E-state index contributed by atoms with van der Waals surface area (Å²) < 4.78 is 0. The first kappa shape index (κ1) is 17.9. The van der Waals surface area contributed by atoms with Crippen molar-refractivity contribution in [2.24, 2.45) is 0 Å². The molecular formula is C20H19N3O2S2. The molecule has 1 aromatic carbocycles. The molecule has 1 aliphatic heterocycles. The van der Waals surface area contributed by atoms with Crippen LogP contribution in [0.1, 0.15) is 34.5 Å². The number of hydrogen-bond donors (Lipinski definition) is 1. The summed E-state index contributed by atoms with van der Waals surface area (Å²) in [6.07, 6.45) is 1.59. The lowest BCUT2D eigenvalue weighted by Gasteiger charge is -2.16. The molecule has 3 heterocycles. The lowest BCUT2D eigenvalue weighted by Crippen LogP contribution is -2.24. The Kier molecular flexibility index (Phi) is 5.31. The van der Waals surface area contributed by atoms with Gasteiger partial charge in [0, 0.05) is 31.4 Å². The molecule has 27 heavy (non-hydrogen) atoms. The minimum Gasteiger partial charge on any atom is -0.347 e. The molecule has 0 spiro atoms. The molecule has 7 heteroatoms. The molecule has 1 fully saturated rings. The Balaban J connectivity index is 1.36. The summed E-state index contributed by atoms with van der Waals surface area (Å²) in [4.78, 5) is 31.6. The number of thiophene rings is 1. The fraction of sp³-hybridized carbons (Fsp3) is 0.250. The summed E-state index contributed by atoms with van der Waals surface area (Å²) in [5.74, 6) is 0.0490. The molecule has 0 radical (unpaired) electrons. The van der Waals surface area contributed by atoms with Crippen molar-refractivity contribution in [2.75, 3.05) is 6.54 Å². The van der Waals surface area contributed by atoms with E-state index >= 15 is 0 Å².